The van der Waals surface area contributed by atoms with Gasteiger partial charge in [-0.1, -0.05) is 135 Å². The van der Waals surface area contributed by atoms with Crippen molar-refractivity contribution in [2.45, 2.75) is 192 Å². The monoisotopic (exact) mass is 554 g/mol. The molecule has 0 spiro atoms. The molecule has 0 amide bonds. The summed E-state index contributed by atoms with van der Waals surface area (Å²) in [7, 11) is -0.433. The summed E-state index contributed by atoms with van der Waals surface area (Å²) in [5.41, 5.74) is 0. The van der Waals surface area contributed by atoms with Gasteiger partial charge < -0.3 is 14.0 Å². The first-order chi connectivity index (χ1) is 19.8. The Balaban J connectivity index is 1.18. The summed E-state index contributed by atoms with van der Waals surface area (Å²) in [5.74, 6) is 4.79. The molecule has 0 aromatic heterocycles. The third-order valence-electron chi connectivity index (χ3n) is 12.9. The van der Waals surface area contributed by atoms with E-state index in [-0.39, 0.29) is 0 Å². The van der Waals surface area contributed by atoms with E-state index >= 15 is 0 Å². The first kappa shape index (κ1) is 30.0. The topological polar surface area (TPSA) is 27.7 Å². The molecule has 6 aliphatic rings. The predicted molar refractivity (Wildman–Crippen MR) is 166 cm³/mol. The lowest BCUT2D eigenvalue weighted by Crippen LogP contribution is -2.48. The summed E-state index contributed by atoms with van der Waals surface area (Å²) in [4.78, 5) is 0. The summed E-state index contributed by atoms with van der Waals surface area (Å²) >= 11 is 0. The standard InChI is InChI=1S/C36H63BO3/c1-4-16-28(17-5-1)31-22-10-13-25-34(31)38-37(39-35-26-14-11-23-32(35)29-18-6-2-7-19-29)40-36-27-15-12-24-33(36)30-20-8-3-9-21-30/h28-36H,1-27H2/t31-,32-,33+,34-,35+,36+/m0/s1. The maximum atomic E-state index is 7.19. The highest BCUT2D eigenvalue weighted by Gasteiger charge is 2.44. The molecule has 6 atom stereocenters. The van der Waals surface area contributed by atoms with Gasteiger partial charge in [0.25, 0.3) is 0 Å². The molecule has 0 bridgehead atoms. The largest absolute Gasteiger partial charge is 0.640 e. The molecule has 0 N–H and O–H groups in total. The van der Waals surface area contributed by atoms with Crippen LogP contribution in [0.5, 0.6) is 0 Å². The summed E-state index contributed by atoms with van der Waals surface area (Å²) in [6, 6.07) is 0. The Bertz CT molecular complexity index is 618. The molecule has 40 heavy (non-hydrogen) atoms. The minimum atomic E-state index is -0.433. The van der Waals surface area contributed by atoms with Crippen molar-refractivity contribution < 1.29 is 14.0 Å². The van der Waals surface area contributed by atoms with E-state index in [0.717, 1.165) is 35.5 Å². The van der Waals surface area contributed by atoms with Crippen molar-refractivity contribution in [2.75, 3.05) is 0 Å². The van der Waals surface area contributed by atoms with Gasteiger partial charge in [-0.2, -0.15) is 0 Å². The molecule has 0 aromatic carbocycles. The smallest absolute Gasteiger partial charge is 0.383 e. The second kappa shape index (κ2) is 15.6. The molecule has 3 nitrogen and oxygen atoms in total. The number of rotatable bonds is 9. The highest BCUT2D eigenvalue weighted by molar-refractivity contribution is 6.36. The van der Waals surface area contributed by atoms with E-state index in [9.17, 15) is 0 Å². The average molecular weight is 555 g/mol. The van der Waals surface area contributed by atoms with Gasteiger partial charge in [0.05, 0.1) is 0 Å². The van der Waals surface area contributed by atoms with Crippen LogP contribution in [-0.2, 0) is 14.0 Å². The van der Waals surface area contributed by atoms with Crippen molar-refractivity contribution in [2.24, 2.45) is 35.5 Å². The lowest BCUT2D eigenvalue weighted by atomic mass is 9.71. The van der Waals surface area contributed by atoms with Gasteiger partial charge in [-0.3, -0.25) is 0 Å². The fraction of sp³-hybridized carbons (Fsp3) is 1.00. The summed E-state index contributed by atoms with van der Waals surface area (Å²) < 4.78 is 21.6. The average Bonchev–Trinajstić information content (AvgIpc) is 3.03. The van der Waals surface area contributed by atoms with Crippen LogP contribution >= 0.6 is 0 Å². The molecule has 0 aliphatic heterocycles. The molecule has 0 heterocycles. The Labute approximate surface area is 248 Å². The van der Waals surface area contributed by atoms with Crippen molar-refractivity contribution >= 4 is 7.32 Å². The van der Waals surface area contributed by atoms with E-state index in [0.29, 0.717) is 18.3 Å². The van der Waals surface area contributed by atoms with Gasteiger partial charge in [0, 0.05) is 18.3 Å². The van der Waals surface area contributed by atoms with Crippen molar-refractivity contribution in [1.82, 2.24) is 0 Å². The Morgan fingerprint density at radius 3 is 0.825 bits per heavy atom. The van der Waals surface area contributed by atoms with Crippen LogP contribution in [0.1, 0.15) is 173 Å². The molecule has 0 unspecified atom stereocenters. The van der Waals surface area contributed by atoms with Crippen LogP contribution in [-0.4, -0.2) is 25.6 Å². The van der Waals surface area contributed by atoms with Crippen LogP contribution in [0.4, 0.5) is 0 Å². The zero-order chi connectivity index (χ0) is 27.0. The molecular weight excluding hydrogens is 491 g/mol. The van der Waals surface area contributed by atoms with Gasteiger partial charge in [0.2, 0.25) is 0 Å². The molecule has 6 fully saturated rings. The normalized spacial score (nSPS) is 37.8. The van der Waals surface area contributed by atoms with Crippen LogP contribution in [0, 0.1) is 35.5 Å². The molecule has 0 aromatic rings. The Kier molecular flexibility index (Phi) is 11.7. The molecule has 4 heteroatoms. The van der Waals surface area contributed by atoms with Crippen LogP contribution < -0.4 is 0 Å². The van der Waals surface area contributed by atoms with Crippen molar-refractivity contribution in [3.63, 3.8) is 0 Å². The van der Waals surface area contributed by atoms with Gasteiger partial charge in [-0.15, -0.1) is 0 Å². The van der Waals surface area contributed by atoms with E-state index < -0.39 is 7.32 Å². The fourth-order valence-corrected chi connectivity index (χ4v) is 10.7. The highest BCUT2D eigenvalue weighted by Crippen LogP contribution is 2.44. The van der Waals surface area contributed by atoms with Gasteiger partial charge >= 0.3 is 7.32 Å². The Morgan fingerprint density at radius 2 is 0.525 bits per heavy atom. The quantitative estimate of drug-likeness (QED) is 0.265. The van der Waals surface area contributed by atoms with E-state index in [1.54, 1.807) is 0 Å². The summed E-state index contributed by atoms with van der Waals surface area (Å²) in [6.07, 6.45) is 38.4. The Morgan fingerprint density at radius 1 is 0.275 bits per heavy atom. The molecule has 6 rings (SSSR count). The lowest BCUT2D eigenvalue weighted by Gasteiger charge is -2.44. The molecule has 6 aliphatic carbocycles. The minimum Gasteiger partial charge on any atom is -0.383 e. The lowest BCUT2D eigenvalue weighted by molar-refractivity contribution is -0.0742. The van der Waals surface area contributed by atoms with E-state index in [2.05, 4.69) is 0 Å². The van der Waals surface area contributed by atoms with Gasteiger partial charge in [-0.05, 0) is 74.0 Å². The molecular formula is C36H63BO3. The third-order valence-corrected chi connectivity index (χ3v) is 12.9. The minimum absolute atomic E-state index is 0.343. The highest BCUT2D eigenvalue weighted by atomic mass is 16.7. The van der Waals surface area contributed by atoms with E-state index in [1.807, 2.05) is 0 Å². The first-order valence-corrected chi connectivity index (χ1v) is 18.8. The molecule has 6 saturated carbocycles. The number of hydrogen-bond donors (Lipinski definition) is 0. The van der Waals surface area contributed by atoms with Crippen LogP contribution in [0.15, 0.2) is 0 Å². The van der Waals surface area contributed by atoms with Crippen molar-refractivity contribution in [3.8, 4) is 0 Å². The second-order valence-corrected chi connectivity index (χ2v) is 15.4. The summed E-state index contributed by atoms with van der Waals surface area (Å²) in [5, 5.41) is 0. The summed E-state index contributed by atoms with van der Waals surface area (Å²) in [6.45, 7) is 0. The molecule has 0 saturated heterocycles. The second-order valence-electron chi connectivity index (χ2n) is 15.4. The van der Waals surface area contributed by atoms with Gasteiger partial charge in [0.15, 0.2) is 0 Å². The van der Waals surface area contributed by atoms with Crippen molar-refractivity contribution in [1.29, 1.82) is 0 Å². The maximum absolute atomic E-state index is 7.19. The van der Waals surface area contributed by atoms with Gasteiger partial charge in [0.1, 0.15) is 0 Å². The van der Waals surface area contributed by atoms with Gasteiger partial charge in [-0.25, -0.2) is 0 Å². The molecule has 0 radical (unpaired) electrons. The van der Waals surface area contributed by atoms with Crippen LogP contribution in [0.25, 0.3) is 0 Å². The fourth-order valence-electron chi connectivity index (χ4n) is 10.7. The van der Waals surface area contributed by atoms with E-state index in [1.165, 1.54) is 173 Å². The zero-order valence-corrected chi connectivity index (χ0v) is 26.1. The van der Waals surface area contributed by atoms with E-state index in [4.69, 9.17) is 14.0 Å². The van der Waals surface area contributed by atoms with Crippen LogP contribution in [0.2, 0.25) is 0 Å². The molecule has 228 valence electrons. The number of hydrogen-bond acceptors (Lipinski definition) is 3. The van der Waals surface area contributed by atoms with Crippen molar-refractivity contribution in [3.05, 3.63) is 0 Å². The third kappa shape index (κ3) is 7.90. The zero-order valence-electron chi connectivity index (χ0n) is 26.1. The first-order valence-electron chi connectivity index (χ1n) is 18.8. The van der Waals surface area contributed by atoms with Crippen LogP contribution in [0.3, 0.4) is 0 Å². The predicted octanol–water partition coefficient (Wildman–Crippen LogP) is 10.4. The Hall–Kier alpha value is -0.0551. The maximum Gasteiger partial charge on any atom is 0.640 e. The SMILES string of the molecule is C1CCC([C@H]2CCCC[C@H]2OB(O[C@H]2CCCC[C@H]2C2CCCCC2)O[C@@H]2CCCC[C@H]2C2CCCCC2)CC1.